The zero-order valence-electron chi connectivity index (χ0n) is 17.5. The fraction of sp³-hybridized carbons (Fsp3) is 0.261. The Balaban J connectivity index is 1.50. The number of aromatic nitrogens is 2. The molecule has 160 valence electrons. The summed E-state index contributed by atoms with van der Waals surface area (Å²) in [4.78, 5) is 45.0. The summed E-state index contributed by atoms with van der Waals surface area (Å²) in [5.74, 6) is -0.969. The lowest BCUT2D eigenvalue weighted by Gasteiger charge is -2.17. The molecule has 0 aliphatic carbocycles. The third kappa shape index (κ3) is 6.29. The Morgan fingerprint density at radius 1 is 1.06 bits per heavy atom. The van der Waals surface area contributed by atoms with Crippen LogP contribution in [-0.4, -0.2) is 34.2 Å². The van der Waals surface area contributed by atoms with E-state index in [9.17, 15) is 14.4 Å². The topological polar surface area (TPSA) is 98.2 Å². The number of hydrogen-bond acceptors (Lipinski definition) is 7. The molecule has 0 spiro atoms. The van der Waals surface area contributed by atoms with Crippen LogP contribution >= 0.6 is 11.3 Å². The van der Waals surface area contributed by atoms with Gasteiger partial charge in [0.05, 0.1) is 17.8 Å². The molecule has 0 aliphatic heterocycles. The molecular formula is C23H23N3O4S. The van der Waals surface area contributed by atoms with E-state index >= 15 is 0 Å². The van der Waals surface area contributed by atoms with E-state index in [1.807, 2.05) is 39.0 Å². The molecule has 0 atom stereocenters. The molecule has 0 bridgehead atoms. The van der Waals surface area contributed by atoms with Crippen molar-refractivity contribution in [2.75, 3.05) is 11.9 Å². The molecule has 31 heavy (non-hydrogen) atoms. The normalized spacial score (nSPS) is 11.1. The van der Waals surface area contributed by atoms with Crippen LogP contribution in [0.4, 0.5) is 5.69 Å². The highest BCUT2D eigenvalue weighted by molar-refractivity contribution is 7.13. The molecule has 0 aliphatic rings. The SMILES string of the molecule is CC(C)(C)C(=O)Nc1ccc(C(=O)COC(=O)Cc2csc(-c3ccccn3)n2)cc1. The van der Waals surface area contributed by atoms with Crippen molar-refractivity contribution in [2.45, 2.75) is 27.2 Å². The quantitative estimate of drug-likeness (QED) is 0.440. The van der Waals surface area contributed by atoms with Gasteiger partial charge in [-0.1, -0.05) is 26.8 Å². The molecule has 2 aromatic heterocycles. The minimum absolute atomic E-state index is 0.0195. The van der Waals surface area contributed by atoms with Gasteiger partial charge >= 0.3 is 5.97 Å². The number of Topliss-reactive ketones (excluding diaryl/α,β-unsaturated/α-hetero) is 1. The van der Waals surface area contributed by atoms with E-state index in [0.717, 1.165) is 10.7 Å². The minimum Gasteiger partial charge on any atom is -0.457 e. The van der Waals surface area contributed by atoms with Crippen LogP contribution in [0.25, 0.3) is 10.7 Å². The van der Waals surface area contributed by atoms with Gasteiger partial charge in [0.15, 0.2) is 12.4 Å². The maximum atomic E-state index is 12.3. The largest absolute Gasteiger partial charge is 0.457 e. The number of carbonyl (C=O) groups excluding carboxylic acids is 3. The Morgan fingerprint density at radius 2 is 1.81 bits per heavy atom. The maximum Gasteiger partial charge on any atom is 0.312 e. The predicted molar refractivity (Wildman–Crippen MR) is 119 cm³/mol. The molecule has 1 amide bonds. The van der Waals surface area contributed by atoms with Gasteiger partial charge in [-0.05, 0) is 36.4 Å². The number of rotatable bonds is 7. The van der Waals surface area contributed by atoms with Crippen LogP contribution in [-0.2, 0) is 20.7 Å². The van der Waals surface area contributed by atoms with E-state index < -0.39 is 11.4 Å². The van der Waals surface area contributed by atoms with Crippen LogP contribution in [0.1, 0.15) is 36.8 Å². The Kier molecular flexibility index (Phi) is 6.91. The van der Waals surface area contributed by atoms with Gasteiger partial charge in [0.2, 0.25) is 5.91 Å². The van der Waals surface area contributed by atoms with Gasteiger partial charge in [0.25, 0.3) is 0 Å². The molecule has 0 radical (unpaired) electrons. The molecule has 3 rings (SSSR count). The number of carbonyl (C=O) groups is 3. The fourth-order valence-corrected chi connectivity index (χ4v) is 3.28. The van der Waals surface area contributed by atoms with Gasteiger partial charge in [-0.15, -0.1) is 11.3 Å². The van der Waals surface area contributed by atoms with Crippen molar-refractivity contribution in [1.29, 1.82) is 0 Å². The summed E-state index contributed by atoms with van der Waals surface area (Å²) < 4.78 is 5.11. The van der Waals surface area contributed by atoms with E-state index in [1.54, 1.807) is 35.8 Å². The summed E-state index contributed by atoms with van der Waals surface area (Å²) in [6.45, 7) is 5.10. The molecule has 0 saturated carbocycles. The smallest absolute Gasteiger partial charge is 0.312 e. The summed E-state index contributed by atoms with van der Waals surface area (Å²) in [5, 5.41) is 5.29. The van der Waals surface area contributed by atoms with E-state index in [-0.39, 0.29) is 24.7 Å². The van der Waals surface area contributed by atoms with E-state index in [1.165, 1.54) is 11.3 Å². The Hall–Kier alpha value is -3.39. The van der Waals surface area contributed by atoms with Crippen molar-refractivity contribution >= 4 is 34.7 Å². The average Bonchev–Trinajstić information content (AvgIpc) is 3.21. The zero-order chi connectivity index (χ0) is 22.4. The number of nitrogens with zero attached hydrogens (tertiary/aromatic N) is 2. The minimum atomic E-state index is -0.528. The third-order valence-electron chi connectivity index (χ3n) is 4.27. The zero-order valence-corrected chi connectivity index (χ0v) is 18.4. The molecule has 0 fully saturated rings. The first kappa shape index (κ1) is 22.3. The molecular weight excluding hydrogens is 414 g/mol. The molecule has 2 heterocycles. The number of thiazole rings is 1. The van der Waals surface area contributed by atoms with Crippen LogP contribution in [0.5, 0.6) is 0 Å². The van der Waals surface area contributed by atoms with Crippen LogP contribution < -0.4 is 5.32 Å². The maximum absolute atomic E-state index is 12.3. The summed E-state index contributed by atoms with van der Waals surface area (Å²) >= 11 is 1.39. The van der Waals surface area contributed by atoms with Crippen LogP contribution in [0.3, 0.4) is 0 Å². The van der Waals surface area contributed by atoms with Crippen molar-refractivity contribution in [1.82, 2.24) is 9.97 Å². The van der Waals surface area contributed by atoms with Crippen LogP contribution in [0.15, 0.2) is 54.0 Å². The molecule has 0 saturated heterocycles. The summed E-state index contributed by atoms with van der Waals surface area (Å²) in [5.41, 5.74) is 1.79. The summed E-state index contributed by atoms with van der Waals surface area (Å²) in [6, 6.07) is 12.0. The molecule has 1 N–H and O–H groups in total. The highest BCUT2D eigenvalue weighted by atomic mass is 32.1. The van der Waals surface area contributed by atoms with Crippen LogP contribution in [0, 0.1) is 5.41 Å². The number of anilines is 1. The standard InChI is InChI=1S/C23H23N3O4S/c1-23(2,3)22(29)26-16-9-7-15(8-10-16)19(27)13-30-20(28)12-17-14-31-21(25-17)18-6-4-5-11-24-18/h4-11,14H,12-13H2,1-3H3,(H,26,29). The van der Waals surface area contributed by atoms with Gasteiger partial charge < -0.3 is 10.1 Å². The van der Waals surface area contributed by atoms with Crippen molar-refractivity contribution in [3.63, 3.8) is 0 Å². The number of benzene rings is 1. The highest BCUT2D eigenvalue weighted by Crippen LogP contribution is 2.22. The van der Waals surface area contributed by atoms with Gasteiger partial charge in [-0.25, -0.2) is 4.98 Å². The van der Waals surface area contributed by atoms with Crippen molar-refractivity contribution in [3.8, 4) is 10.7 Å². The first-order valence-corrected chi connectivity index (χ1v) is 10.6. The Labute approximate surface area is 184 Å². The average molecular weight is 438 g/mol. The number of esters is 1. The second-order valence-corrected chi connectivity index (χ2v) is 8.76. The molecule has 8 heteroatoms. The monoisotopic (exact) mass is 437 g/mol. The second kappa shape index (κ2) is 9.61. The highest BCUT2D eigenvalue weighted by Gasteiger charge is 2.21. The number of ketones is 1. The fourth-order valence-electron chi connectivity index (χ4n) is 2.48. The number of pyridine rings is 1. The molecule has 7 nitrogen and oxygen atoms in total. The molecule has 0 unspecified atom stereocenters. The van der Waals surface area contributed by atoms with Gasteiger partial charge in [0.1, 0.15) is 5.01 Å². The van der Waals surface area contributed by atoms with Gasteiger partial charge in [0, 0.05) is 28.2 Å². The van der Waals surface area contributed by atoms with Gasteiger partial charge in [-0.2, -0.15) is 0 Å². The lowest BCUT2D eigenvalue weighted by atomic mass is 9.95. The lowest BCUT2D eigenvalue weighted by Crippen LogP contribution is -2.27. The molecule has 1 aromatic carbocycles. The first-order valence-electron chi connectivity index (χ1n) is 9.68. The first-order chi connectivity index (χ1) is 14.7. The molecule has 3 aromatic rings. The Bertz CT molecular complexity index is 1070. The van der Waals surface area contributed by atoms with E-state index in [0.29, 0.717) is 16.9 Å². The number of nitrogens with one attached hydrogen (secondary N) is 1. The third-order valence-corrected chi connectivity index (χ3v) is 5.19. The van der Waals surface area contributed by atoms with Gasteiger partial charge in [-0.3, -0.25) is 19.4 Å². The van der Waals surface area contributed by atoms with Crippen molar-refractivity contribution < 1.29 is 19.1 Å². The Morgan fingerprint density at radius 3 is 2.45 bits per heavy atom. The summed E-state index contributed by atoms with van der Waals surface area (Å²) in [6.07, 6.45) is 1.66. The second-order valence-electron chi connectivity index (χ2n) is 7.90. The predicted octanol–water partition coefficient (Wildman–Crippen LogP) is 4.16. The lowest BCUT2D eigenvalue weighted by molar-refractivity contribution is -0.141. The number of ether oxygens (including phenoxy) is 1. The van der Waals surface area contributed by atoms with Crippen LogP contribution in [0.2, 0.25) is 0 Å². The van der Waals surface area contributed by atoms with E-state index in [4.69, 9.17) is 4.74 Å². The van der Waals surface area contributed by atoms with Crippen molar-refractivity contribution in [2.24, 2.45) is 5.41 Å². The van der Waals surface area contributed by atoms with Crippen molar-refractivity contribution in [3.05, 3.63) is 65.3 Å². The van der Waals surface area contributed by atoms with E-state index in [2.05, 4.69) is 15.3 Å². The number of amides is 1. The number of hydrogen-bond donors (Lipinski definition) is 1. The summed E-state index contributed by atoms with van der Waals surface area (Å²) in [7, 11) is 0.